The van der Waals surface area contributed by atoms with Crippen LogP contribution in [-0.2, 0) is 11.2 Å². The van der Waals surface area contributed by atoms with Gasteiger partial charge in [0.25, 0.3) is 0 Å². The molecule has 2 aromatic carbocycles. The van der Waals surface area contributed by atoms with E-state index in [1.807, 2.05) is 31.2 Å². The second kappa shape index (κ2) is 8.23. The van der Waals surface area contributed by atoms with E-state index in [2.05, 4.69) is 15.0 Å². The third-order valence-electron chi connectivity index (χ3n) is 3.89. The van der Waals surface area contributed by atoms with Gasteiger partial charge in [0, 0.05) is 12.8 Å². The highest BCUT2D eigenvalue weighted by Crippen LogP contribution is 2.23. The average molecular weight is 376 g/mol. The molecule has 1 aromatic heterocycles. The van der Waals surface area contributed by atoms with Crippen molar-refractivity contribution in [2.75, 3.05) is 0 Å². The van der Waals surface area contributed by atoms with E-state index in [0.717, 1.165) is 20.8 Å². The summed E-state index contributed by atoms with van der Waals surface area (Å²) in [5.41, 5.74) is 1.77. The number of nitrogens with zero attached hydrogens (tertiary/aromatic N) is 1. The summed E-state index contributed by atoms with van der Waals surface area (Å²) in [6.45, 7) is -1.00. The maximum absolute atomic E-state index is 12.2. The van der Waals surface area contributed by atoms with Crippen LogP contribution >= 0.6 is 11.3 Å². The van der Waals surface area contributed by atoms with Crippen molar-refractivity contribution in [3.63, 3.8) is 0 Å². The SMILES string of the molecule is CC(NC(=O)CCc1nc2ccccc2s1)c1ccc(OC(F)F)cc1. The molecule has 0 bridgehead atoms. The van der Waals surface area contributed by atoms with Crippen molar-refractivity contribution < 1.29 is 18.3 Å². The fourth-order valence-electron chi connectivity index (χ4n) is 2.58. The molecule has 1 atom stereocenters. The van der Waals surface area contributed by atoms with E-state index in [4.69, 9.17) is 0 Å². The van der Waals surface area contributed by atoms with Crippen LogP contribution in [0.2, 0.25) is 0 Å². The zero-order chi connectivity index (χ0) is 18.5. The van der Waals surface area contributed by atoms with Crippen LogP contribution in [0.25, 0.3) is 10.2 Å². The normalized spacial score (nSPS) is 12.3. The molecule has 7 heteroatoms. The summed E-state index contributed by atoms with van der Waals surface area (Å²) >= 11 is 1.59. The Morgan fingerprint density at radius 3 is 2.62 bits per heavy atom. The number of halogens is 2. The average Bonchev–Trinajstić information content (AvgIpc) is 3.03. The van der Waals surface area contributed by atoms with E-state index in [1.54, 1.807) is 23.5 Å². The first-order chi connectivity index (χ1) is 12.5. The topological polar surface area (TPSA) is 51.2 Å². The molecule has 136 valence electrons. The fourth-order valence-corrected chi connectivity index (χ4v) is 3.55. The molecule has 0 aliphatic heterocycles. The number of carbonyl (C=O) groups is 1. The van der Waals surface area contributed by atoms with Crippen LogP contribution < -0.4 is 10.1 Å². The molecule has 1 unspecified atom stereocenters. The largest absolute Gasteiger partial charge is 0.435 e. The summed E-state index contributed by atoms with van der Waals surface area (Å²) in [5.74, 6) is 0.0165. The molecule has 1 amide bonds. The lowest BCUT2D eigenvalue weighted by molar-refractivity contribution is -0.121. The maximum Gasteiger partial charge on any atom is 0.387 e. The lowest BCUT2D eigenvalue weighted by atomic mass is 10.1. The zero-order valence-corrected chi connectivity index (χ0v) is 14.9. The van der Waals surface area contributed by atoms with Gasteiger partial charge >= 0.3 is 6.61 Å². The van der Waals surface area contributed by atoms with Gasteiger partial charge < -0.3 is 10.1 Å². The van der Waals surface area contributed by atoms with E-state index in [-0.39, 0.29) is 17.7 Å². The minimum absolute atomic E-state index is 0.0790. The first kappa shape index (κ1) is 18.3. The monoisotopic (exact) mass is 376 g/mol. The lowest BCUT2D eigenvalue weighted by Crippen LogP contribution is -2.26. The van der Waals surface area contributed by atoms with Crippen molar-refractivity contribution in [3.8, 4) is 5.75 Å². The van der Waals surface area contributed by atoms with Gasteiger partial charge in [-0.15, -0.1) is 11.3 Å². The lowest BCUT2D eigenvalue weighted by Gasteiger charge is -2.15. The van der Waals surface area contributed by atoms with Crippen LogP contribution in [0.1, 0.15) is 30.0 Å². The van der Waals surface area contributed by atoms with Gasteiger partial charge in [0.05, 0.1) is 21.3 Å². The Balaban J connectivity index is 1.52. The zero-order valence-electron chi connectivity index (χ0n) is 14.1. The van der Waals surface area contributed by atoms with Crippen LogP contribution in [-0.4, -0.2) is 17.5 Å². The molecule has 0 aliphatic carbocycles. The first-order valence-electron chi connectivity index (χ1n) is 8.20. The Labute approximate surface area is 153 Å². The Bertz CT molecular complexity index is 848. The van der Waals surface area contributed by atoms with Crippen molar-refractivity contribution in [2.45, 2.75) is 32.4 Å². The summed E-state index contributed by atoms with van der Waals surface area (Å²) in [4.78, 5) is 16.7. The van der Waals surface area contributed by atoms with Gasteiger partial charge in [0.15, 0.2) is 0 Å². The number of nitrogens with one attached hydrogen (secondary N) is 1. The number of aryl methyl sites for hydroxylation is 1. The fraction of sp³-hybridized carbons (Fsp3) is 0.263. The van der Waals surface area contributed by atoms with Crippen LogP contribution in [0.3, 0.4) is 0 Å². The Morgan fingerprint density at radius 2 is 1.92 bits per heavy atom. The molecule has 1 heterocycles. The third kappa shape index (κ3) is 4.76. The summed E-state index contributed by atoms with van der Waals surface area (Å²) in [6.07, 6.45) is 0.926. The van der Waals surface area contributed by atoms with Crippen molar-refractivity contribution in [2.24, 2.45) is 0 Å². The van der Waals surface area contributed by atoms with Gasteiger partial charge in [0.1, 0.15) is 5.75 Å². The number of benzene rings is 2. The van der Waals surface area contributed by atoms with E-state index in [9.17, 15) is 13.6 Å². The maximum atomic E-state index is 12.2. The van der Waals surface area contributed by atoms with E-state index < -0.39 is 6.61 Å². The van der Waals surface area contributed by atoms with Crippen LogP contribution in [0.4, 0.5) is 8.78 Å². The van der Waals surface area contributed by atoms with Crippen LogP contribution in [0.15, 0.2) is 48.5 Å². The molecular weight excluding hydrogens is 358 g/mol. The van der Waals surface area contributed by atoms with Crippen molar-refractivity contribution in [1.29, 1.82) is 0 Å². The van der Waals surface area contributed by atoms with Crippen molar-refractivity contribution in [3.05, 3.63) is 59.1 Å². The Kier molecular flexibility index (Phi) is 5.78. The molecule has 3 rings (SSSR count). The molecule has 0 saturated carbocycles. The van der Waals surface area contributed by atoms with Gasteiger partial charge in [-0.3, -0.25) is 4.79 Å². The number of amides is 1. The second-order valence-corrected chi connectivity index (χ2v) is 6.93. The van der Waals surface area contributed by atoms with Crippen molar-refractivity contribution >= 4 is 27.5 Å². The van der Waals surface area contributed by atoms with E-state index >= 15 is 0 Å². The number of rotatable bonds is 7. The van der Waals surface area contributed by atoms with Gasteiger partial charge in [0.2, 0.25) is 5.91 Å². The molecule has 4 nitrogen and oxygen atoms in total. The number of hydrogen-bond donors (Lipinski definition) is 1. The molecule has 0 spiro atoms. The number of alkyl halides is 2. The standard InChI is InChI=1S/C19H18F2N2O2S/c1-12(13-6-8-14(9-7-13)25-19(20)21)22-17(24)10-11-18-23-15-4-2-3-5-16(15)26-18/h2-9,12,19H,10-11H2,1H3,(H,22,24). The highest BCUT2D eigenvalue weighted by molar-refractivity contribution is 7.18. The van der Waals surface area contributed by atoms with Gasteiger partial charge in [-0.25, -0.2) is 4.98 Å². The summed E-state index contributed by atoms with van der Waals surface area (Å²) in [7, 11) is 0. The number of fused-ring (bicyclic) bond motifs is 1. The molecule has 0 saturated heterocycles. The second-order valence-electron chi connectivity index (χ2n) is 5.81. The predicted molar refractivity (Wildman–Crippen MR) is 97.6 cm³/mol. The van der Waals surface area contributed by atoms with Gasteiger partial charge in [-0.2, -0.15) is 8.78 Å². The van der Waals surface area contributed by atoms with Crippen LogP contribution in [0, 0.1) is 0 Å². The third-order valence-corrected chi connectivity index (χ3v) is 4.98. The molecule has 1 N–H and O–H groups in total. The molecule has 0 aliphatic rings. The summed E-state index contributed by atoms with van der Waals surface area (Å²) in [5, 5.41) is 3.84. The number of hydrogen-bond acceptors (Lipinski definition) is 4. The molecule has 0 radical (unpaired) electrons. The Hall–Kier alpha value is -2.54. The van der Waals surface area contributed by atoms with E-state index in [1.165, 1.54) is 12.1 Å². The quantitative estimate of drug-likeness (QED) is 0.650. The van der Waals surface area contributed by atoms with Gasteiger partial charge in [-0.1, -0.05) is 24.3 Å². The summed E-state index contributed by atoms with van der Waals surface area (Å²) < 4.78 is 29.8. The number of ether oxygens (including phenoxy) is 1. The smallest absolute Gasteiger partial charge is 0.387 e. The molecular formula is C19H18F2N2O2S. The predicted octanol–water partition coefficient (Wildman–Crippen LogP) is 4.71. The number of thiazole rings is 1. The molecule has 0 fully saturated rings. The highest BCUT2D eigenvalue weighted by atomic mass is 32.1. The number of carbonyl (C=O) groups excluding carboxylic acids is 1. The van der Waals surface area contributed by atoms with Gasteiger partial charge in [-0.05, 0) is 36.8 Å². The Morgan fingerprint density at radius 1 is 1.19 bits per heavy atom. The summed E-state index contributed by atoms with van der Waals surface area (Å²) in [6, 6.07) is 13.9. The molecule has 26 heavy (non-hydrogen) atoms. The minimum Gasteiger partial charge on any atom is -0.435 e. The van der Waals surface area contributed by atoms with Crippen LogP contribution in [0.5, 0.6) is 5.75 Å². The first-order valence-corrected chi connectivity index (χ1v) is 9.01. The highest BCUT2D eigenvalue weighted by Gasteiger charge is 2.12. The minimum atomic E-state index is -2.85. The van der Waals surface area contributed by atoms with E-state index in [0.29, 0.717) is 12.8 Å². The van der Waals surface area contributed by atoms with Crippen molar-refractivity contribution in [1.82, 2.24) is 10.3 Å². The number of para-hydroxylation sites is 1. The molecule has 3 aromatic rings. The number of aromatic nitrogens is 1.